The third-order valence-electron chi connectivity index (χ3n) is 4.14. The lowest BCUT2D eigenvalue weighted by Gasteiger charge is -2.14. The Hall–Kier alpha value is -2.69. The lowest BCUT2D eigenvalue weighted by molar-refractivity contribution is 0.102. The molecule has 0 radical (unpaired) electrons. The standard InChI is InChI=1S/C21H25NO4/c1-4-10-25-17-8-6-15(7-9-17)21(23)22-18-13-19-16(11-14(3)26-19)12-20(18)24-5-2/h6-9,12-14H,4-5,10-11H2,1-3H3,(H,22,23)/t14-/m0/s1. The number of ether oxygens (including phenoxy) is 3. The molecule has 1 heterocycles. The average Bonchev–Trinajstić information content (AvgIpc) is 2.99. The minimum Gasteiger partial charge on any atom is -0.494 e. The van der Waals surface area contributed by atoms with Crippen molar-refractivity contribution in [2.75, 3.05) is 18.5 Å². The first-order chi connectivity index (χ1) is 12.6. The predicted octanol–water partition coefficient (Wildman–Crippen LogP) is 4.45. The molecule has 0 fully saturated rings. The van der Waals surface area contributed by atoms with Crippen molar-refractivity contribution in [2.45, 2.75) is 39.7 Å². The molecule has 0 aliphatic carbocycles. The van der Waals surface area contributed by atoms with Crippen LogP contribution in [0.25, 0.3) is 0 Å². The van der Waals surface area contributed by atoms with Crippen LogP contribution in [0.15, 0.2) is 36.4 Å². The smallest absolute Gasteiger partial charge is 0.255 e. The van der Waals surface area contributed by atoms with Crippen LogP contribution in [0, 0.1) is 0 Å². The van der Waals surface area contributed by atoms with Gasteiger partial charge >= 0.3 is 0 Å². The summed E-state index contributed by atoms with van der Waals surface area (Å²) in [4.78, 5) is 12.6. The Bertz CT molecular complexity index is 770. The predicted molar refractivity (Wildman–Crippen MR) is 102 cm³/mol. The molecule has 138 valence electrons. The zero-order valence-corrected chi connectivity index (χ0v) is 15.5. The number of hydrogen-bond donors (Lipinski definition) is 1. The van der Waals surface area contributed by atoms with Crippen molar-refractivity contribution >= 4 is 11.6 Å². The van der Waals surface area contributed by atoms with Gasteiger partial charge in [-0.05, 0) is 50.6 Å². The maximum atomic E-state index is 12.6. The van der Waals surface area contributed by atoms with Crippen molar-refractivity contribution in [1.82, 2.24) is 0 Å². The van der Waals surface area contributed by atoms with Crippen molar-refractivity contribution in [1.29, 1.82) is 0 Å². The van der Waals surface area contributed by atoms with Crippen LogP contribution in [0.4, 0.5) is 5.69 Å². The number of benzene rings is 2. The van der Waals surface area contributed by atoms with Crippen LogP contribution in [0.1, 0.15) is 43.1 Å². The van der Waals surface area contributed by atoms with E-state index in [9.17, 15) is 4.79 Å². The first-order valence-corrected chi connectivity index (χ1v) is 9.11. The highest BCUT2D eigenvalue weighted by Gasteiger charge is 2.22. The Balaban J connectivity index is 1.77. The molecule has 2 aromatic rings. The van der Waals surface area contributed by atoms with Gasteiger partial charge in [-0.1, -0.05) is 6.92 Å². The van der Waals surface area contributed by atoms with E-state index in [1.807, 2.05) is 38.1 Å². The lowest BCUT2D eigenvalue weighted by Crippen LogP contribution is -2.13. The number of anilines is 1. The van der Waals surface area contributed by atoms with E-state index in [0.29, 0.717) is 30.2 Å². The van der Waals surface area contributed by atoms with Gasteiger partial charge in [-0.3, -0.25) is 4.79 Å². The summed E-state index contributed by atoms with van der Waals surface area (Å²) < 4.78 is 17.1. The molecule has 2 aromatic carbocycles. The van der Waals surface area contributed by atoms with E-state index in [-0.39, 0.29) is 12.0 Å². The van der Waals surface area contributed by atoms with E-state index in [0.717, 1.165) is 29.9 Å². The highest BCUT2D eigenvalue weighted by Crippen LogP contribution is 2.38. The summed E-state index contributed by atoms with van der Waals surface area (Å²) in [5, 5.41) is 2.93. The molecule has 0 saturated carbocycles. The number of carbonyl (C=O) groups is 1. The molecule has 1 amide bonds. The summed E-state index contributed by atoms with van der Waals surface area (Å²) in [6, 6.07) is 10.9. The topological polar surface area (TPSA) is 56.8 Å². The summed E-state index contributed by atoms with van der Waals surface area (Å²) in [5.74, 6) is 2.04. The third kappa shape index (κ3) is 4.10. The van der Waals surface area contributed by atoms with Gasteiger partial charge in [0.1, 0.15) is 23.4 Å². The fourth-order valence-electron chi connectivity index (χ4n) is 2.93. The Kier molecular flexibility index (Phi) is 5.66. The van der Waals surface area contributed by atoms with Gasteiger partial charge in [0.2, 0.25) is 0 Å². The van der Waals surface area contributed by atoms with Crippen molar-refractivity contribution in [2.24, 2.45) is 0 Å². The van der Waals surface area contributed by atoms with E-state index in [1.165, 1.54) is 0 Å². The summed E-state index contributed by atoms with van der Waals surface area (Å²) in [5.41, 5.74) is 2.29. The molecule has 0 bridgehead atoms. The molecule has 1 N–H and O–H groups in total. The van der Waals surface area contributed by atoms with E-state index in [2.05, 4.69) is 12.2 Å². The Morgan fingerprint density at radius 2 is 1.96 bits per heavy atom. The van der Waals surface area contributed by atoms with Gasteiger partial charge in [0.15, 0.2) is 0 Å². The molecule has 0 spiro atoms. The second-order valence-electron chi connectivity index (χ2n) is 6.35. The molecule has 0 aromatic heterocycles. The summed E-state index contributed by atoms with van der Waals surface area (Å²) in [6.45, 7) is 7.20. The third-order valence-corrected chi connectivity index (χ3v) is 4.14. The molecule has 3 rings (SSSR count). The van der Waals surface area contributed by atoms with Gasteiger partial charge in [0.25, 0.3) is 5.91 Å². The summed E-state index contributed by atoms with van der Waals surface area (Å²) >= 11 is 0. The highest BCUT2D eigenvalue weighted by atomic mass is 16.5. The van der Waals surface area contributed by atoms with Gasteiger partial charge in [0, 0.05) is 23.6 Å². The molecule has 5 heteroatoms. The Labute approximate surface area is 154 Å². The van der Waals surface area contributed by atoms with Gasteiger partial charge in [0.05, 0.1) is 18.9 Å². The fraction of sp³-hybridized carbons (Fsp3) is 0.381. The van der Waals surface area contributed by atoms with Crippen LogP contribution >= 0.6 is 0 Å². The van der Waals surface area contributed by atoms with Crippen LogP contribution in [-0.4, -0.2) is 25.2 Å². The Morgan fingerprint density at radius 1 is 1.19 bits per heavy atom. The minimum absolute atomic E-state index is 0.140. The van der Waals surface area contributed by atoms with E-state index >= 15 is 0 Å². The molecule has 5 nitrogen and oxygen atoms in total. The number of carbonyl (C=O) groups excluding carboxylic acids is 1. The van der Waals surface area contributed by atoms with Gasteiger partial charge in [-0.2, -0.15) is 0 Å². The van der Waals surface area contributed by atoms with Crippen molar-refractivity contribution in [3.63, 3.8) is 0 Å². The van der Waals surface area contributed by atoms with Crippen molar-refractivity contribution in [3.05, 3.63) is 47.5 Å². The number of rotatable bonds is 7. The van der Waals surface area contributed by atoms with Gasteiger partial charge < -0.3 is 19.5 Å². The SMILES string of the molecule is CCCOc1ccc(C(=O)Nc2cc3c(cc2OCC)C[C@H](C)O3)cc1. The number of hydrogen-bond acceptors (Lipinski definition) is 4. The molecular weight excluding hydrogens is 330 g/mol. The molecule has 1 atom stereocenters. The number of amides is 1. The molecule has 0 unspecified atom stereocenters. The normalized spacial score (nSPS) is 15.1. The van der Waals surface area contributed by atoms with Gasteiger partial charge in [-0.25, -0.2) is 0 Å². The van der Waals surface area contributed by atoms with Crippen LogP contribution in [-0.2, 0) is 6.42 Å². The fourth-order valence-corrected chi connectivity index (χ4v) is 2.93. The molecule has 26 heavy (non-hydrogen) atoms. The largest absolute Gasteiger partial charge is 0.494 e. The highest BCUT2D eigenvalue weighted by molar-refractivity contribution is 6.05. The molecule has 1 aliphatic heterocycles. The second-order valence-corrected chi connectivity index (χ2v) is 6.35. The summed E-state index contributed by atoms with van der Waals surface area (Å²) in [7, 11) is 0. The maximum Gasteiger partial charge on any atom is 0.255 e. The average molecular weight is 355 g/mol. The van der Waals surface area contributed by atoms with Gasteiger partial charge in [-0.15, -0.1) is 0 Å². The minimum atomic E-state index is -0.195. The van der Waals surface area contributed by atoms with E-state index in [4.69, 9.17) is 14.2 Å². The first-order valence-electron chi connectivity index (χ1n) is 9.11. The Morgan fingerprint density at radius 3 is 2.65 bits per heavy atom. The number of fused-ring (bicyclic) bond motifs is 1. The van der Waals surface area contributed by atoms with Crippen molar-refractivity contribution in [3.8, 4) is 17.2 Å². The van der Waals surface area contributed by atoms with Crippen molar-refractivity contribution < 1.29 is 19.0 Å². The van der Waals surface area contributed by atoms with Crippen LogP contribution in [0.2, 0.25) is 0 Å². The summed E-state index contributed by atoms with van der Waals surface area (Å²) in [6.07, 6.45) is 1.94. The monoisotopic (exact) mass is 355 g/mol. The maximum absolute atomic E-state index is 12.6. The zero-order chi connectivity index (χ0) is 18.5. The second kappa shape index (κ2) is 8.13. The molecule has 0 saturated heterocycles. The number of nitrogens with one attached hydrogen (secondary N) is 1. The first kappa shape index (κ1) is 18.1. The van der Waals surface area contributed by atoms with Crippen LogP contribution in [0.5, 0.6) is 17.2 Å². The van der Waals surface area contributed by atoms with E-state index < -0.39 is 0 Å². The van der Waals surface area contributed by atoms with Crippen LogP contribution < -0.4 is 19.5 Å². The molecule has 1 aliphatic rings. The molecular formula is C21H25NO4. The zero-order valence-electron chi connectivity index (χ0n) is 15.5. The van der Waals surface area contributed by atoms with Crippen LogP contribution in [0.3, 0.4) is 0 Å². The van der Waals surface area contributed by atoms with E-state index in [1.54, 1.807) is 12.1 Å². The quantitative estimate of drug-likeness (QED) is 0.797. The lowest BCUT2D eigenvalue weighted by atomic mass is 10.1.